The summed E-state index contributed by atoms with van der Waals surface area (Å²) in [6.45, 7) is 1.84. The minimum atomic E-state index is -0.778. The number of aromatic hydroxyl groups is 1. The first-order chi connectivity index (χ1) is 6.99. The minimum Gasteiger partial charge on any atom is -0.494 e. The predicted octanol–water partition coefficient (Wildman–Crippen LogP) is -1.01. The van der Waals surface area contributed by atoms with E-state index in [0.717, 1.165) is 0 Å². The molecule has 0 radical (unpaired) electrons. The summed E-state index contributed by atoms with van der Waals surface area (Å²) in [5, 5.41) is 9.35. The molecule has 0 saturated carbocycles. The first kappa shape index (κ1) is 11.3. The quantitative estimate of drug-likeness (QED) is 0.511. The number of carbonyl (C=O) groups excluding carboxylic acids is 1. The highest BCUT2D eigenvalue weighted by molar-refractivity contribution is 5.96. The van der Waals surface area contributed by atoms with Gasteiger partial charge in [0, 0.05) is 5.56 Å². The fourth-order valence-electron chi connectivity index (χ4n) is 1.49. The maximum atomic E-state index is 11.4. The summed E-state index contributed by atoms with van der Waals surface area (Å²) in [7, 11) is 0. The van der Waals surface area contributed by atoms with Gasteiger partial charge in [-0.3, -0.25) is 14.6 Å². The van der Waals surface area contributed by atoms with Crippen molar-refractivity contribution in [3.63, 3.8) is 0 Å². The van der Waals surface area contributed by atoms with Gasteiger partial charge in [0.1, 0.15) is 5.56 Å². The third-order valence-electron chi connectivity index (χ3n) is 2.21. The van der Waals surface area contributed by atoms with Crippen LogP contribution in [0.1, 0.15) is 21.5 Å². The minimum absolute atomic E-state index is 0.0574. The van der Waals surface area contributed by atoms with E-state index in [2.05, 4.69) is 4.98 Å². The molecule has 1 heterocycles. The highest BCUT2D eigenvalue weighted by Crippen LogP contribution is 2.17. The highest BCUT2D eigenvalue weighted by Gasteiger charge is 2.17. The summed E-state index contributed by atoms with van der Waals surface area (Å²) in [6.07, 6.45) is 0.335. The molecule has 6 heteroatoms. The number of amides is 1. The fraction of sp³-hybridized carbons (Fsp3) is 0.333. The standard InChI is InChI=1S/C9H13N3O3/c1-4-5(2-3-10)8(14)12-9(15)6(4)7(11)13/h2-3,10H2,1H3,(H2,11,13)(H2,12,14,15). The summed E-state index contributed by atoms with van der Waals surface area (Å²) >= 11 is 0. The third-order valence-corrected chi connectivity index (χ3v) is 2.21. The van der Waals surface area contributed by atoms with E-state index in [1.54, 1.807) is 6.92 Å². The van der Waals surface area contributed by atoms with Gasteiger partial charge in [-0.2, -0.15) is 0 Å². The third kappa shape index (κ3) is 1.99. The van der Waals surface area contributed by atoms with E-state index in [9.17, 15) is 14.7 Å². The summed E-state index contributed by atoms with van der Waals surface area (Å²) < 4.78 is 0. The Bertz CT molecular complexity index is 451. The molecular formula is C9H13N3O3. The van der Waals surface area contributed by atoms with Crippen molar-refractivity contribution < 1.29 is 9.90 Å². The molecule has 15 heavy (non-hydrogen) atoms. The molecule has 82 valence electrons. The molecule has 1 amide bonds. The van der Waals surface area contributed by atoms with Gasteiger partial charge in [-0.25, -0.2) is 0 Å². The molecule has 6 nitrogen and oxygen atoms in total. The number of H-pyrrole nitrogens is 1. The van der Waals surface area contributed by atoms with E-state index >= 15 is 0 Å². The van der Waals surface area contributed by atoms with Crippen LogP contribution in [0.3, 0.4) is 0 Å². The Kier molecular flexibility index (Phi) is 3.11. The van der Waals surface area contributed by atoms with Crippen molar-refractivity contribution >= 4 is 5.91 Å². The van der Waals surface area contributed by atoms with Gasteiger partial charge in [-0.15, -0.1) is 0 Å². The Morgan fingerprint density at radius 1 is 1.53 bits per heavy atom. The van der Waals surface area contributed by atoms with Crippen LogP contribution in [0.2, 0.25) is 0 Å². The summed E-state index contributed by atoms with van der Waals surface area (Å²) in [6, 6.07) is 0. The largest absolute Gasteiger partial charge is 0.494 e. The van der Waals surface area contributed by atoms with Gasteiger partial charge in [0.15, 0.2) is 0 Å². The highest BCUT2D eigenvalue weighted by atomic mass is 16.3. The topological polar surface area (TPSA) is 122 Å². The van der Waals surface area contributed by atoms with E-state index in [0.29, 0.717) is 17.5 Å². The molecule has 0 aliphatic rings. The second-order valence-electron chi connectivity index (χ2n) is 3.18. The van der Waals surface area contributed by atoms with Gasteiger partial charge in [-0.1, -0.05) is 0 Å². The lowest BCUT2D eigenvalue weighted by atomic mass is 10.0. The van der Waals surface area contributed by atoms with E-state index in [1.807, 2.05) is 0 Å². The second kappa shape index (κ2) is 4.14. The lowest BCUT2D eigenvalue weighted by molar-refractivity contribution is 0.0996. The molecule has 0 aliphatic heterocycles. The fourth-order valence-corrected chi connectivity index (χ4v) is 1.49. The molecule has 0 atom stereocenters. The molecular weight excluding hydrogens is 198 g/mol. The van der Waals surface area contributed by atoms with Gasteiger partial charge in [0.25, 0.3) is 11.5 Å². The van der Waals surface area contributed by atoms with Crippen LogP contribution >= 0.6 is 0 Å². The van der Waals surface area contributed by atoms with Crippen molar-refractivity contribution in [2.45, 2.75) is 13.3 Å². The van der Waals surface area contributed by atoms with E-state index in [4.69, 9.17) is 11.5 Å². The SMILES string of the molecule is Cc1c(C(N)=O)c(O)[nH]c(=O)c1CCN. The van der Waals surface area contributed by atoms with E-state index in [-0.39, 0.29) is 12.1 Å². The van der Waals surface area contributed by atoms with Gasteiger partial charge in [-0.05, 0) is 25.5 Å². The Balaban J connectivity index is 3.49. The molecule has 0 aromatic carbocycles. The molecule has 1 aromatic heterocycles. The van der Waals surface area contributed by atoms with Crippen LogP contribution in [0, 0.1) is 6.92 Å². The summed E-state index contributed by atoms with van der Waals surface area (Å²) in [4.78, 5) is 24.6. The van der Waals surface area contributed by atoms with Crippen LogP contribution in [0.5, 0.6) is 5.88 Å². The number of aromatic nitrogens is 1. The van der Waals surface area contributed by atoms with Crippen molar-refractivity contribution in [3.05, 3.63) is 27.0 Å². The van der Waals surface area contributed by atoms with Crippen LogP contribution in [0.25, 0.3) is 0 Å². The Morgan fingerprint density at radius 3 is 2.60 bits per heavy atom. The van der Waals surface area contributed by atoms with Gasteiger partial charge in [0.05, 0.1) is 0 Å². The number of primary amides is 1. The monoisotopic (exact) mass is 211 g/mol. The zero-order valence-corrected chi connectivity index (χ0v) is 8.33. The van der Waals surface area contributed by atoms with Crippen molar-refractivity contribution in [1.29, 1.82) is 0 Å². The first-order valence-corrected chi connectivity index (χ1v) is 4.43. The van der Waals surface area contributed by atoms with Crippen LogP contribution in [0.15, 0.2) is 4.79 Å². The number of rotatable bonds is 3. The number of hydrogen-bond acceptors (Lipinski definition) is 4. The number of nitrogens with two attached hydrogens (primary N) is 2. The van der Waals surface area contributed by atoms with Crippen molar-refractivity contribution in [3.8, 4) is 5.88 Å². The van der Waals surface area contributed by atoms with Crippen LogP contribution in [-0.4, -0.2) is 22.5 Å². The normalized spacial score (nSPS) is 10.3. The Hall–Kier alpha value is -1.82. The molecule has 0 aliphatic carbocycles. The van der Waals surface area contributed by atoms with E-state index in [1.165, 1.54) is 0 Å². The Labute approximate surface area is 85.9 Å². The molecule has 0 bridgehead atoms. The summed E-state index contributed by atoms with van der Waals surface area (Å²) in [5.74, 6) is -1.27. The second-order valence-corrected chi connectivity index (χ2v) is 3.18. The van der Waals surface area contributed by atoms with Gasteiger partial charge >= 0.3 is 0 Å². The zero-order valence-electron chi connectivity index (χ0n) is 8.33. The molecule has 6 N–H and O–H groups in total. The van der Waals surface area contributed by atoms with Gasteiger partial charge < -0.3 is 16.6 Å². The lowest BCUT2D eigenvalue weighted by Crippen LogP contribution is -2.23. The number of nitrogens with one attached hydrogen (secondary N) is 1. The van der Waals surface area contributed by atoms with Crippen LogP contribution in [0.4, 0.5) is 0 Å². The van der Waals surface area contributed by atoms with Crippen LogP contribution in [-0.2, 0) is 6.42 Å². The number of pyridine rings is 1. The molecule has 0 unspecified atom stereocenters. The smallest absolute Gasteiger partial charge is 0.254 e. The average Bonchev–Trinajstić information content (AvgIpc) is 2.11. The van der Waals surface area contributed by atoms with Gasteiger partial charge in [0.2, 0.25) is 5.88 Å². The molecule has 0 fully saturated rings. The average molecular weight is 211 g/mol. The maximum Gasteiger partial charge on any atom is 0.254 e. The Morgan fingerprint density at radius 2 is 2.13 bits per heavy atom. The molecule has 0 spiro atoms. The van der Waals surface area contributed by atoms with Crippen molar-refractivity contribution in [1.82, 2.24) is 4.98 Å². The van der Waals surface area contributed by atoms with Crippen molar-refractivity contribution in [2.24, 2.45) is 11.5 Å². The number of aromatic amines is 1. The number of hydrogen-bond donors (Lipinski definition) is 4. The molecule has 0 saturated heterocycles. The first-order valence-electron chi connectivity index (χ1n) is 4.43. The number of carbonyl (C=O) groups is 1. The molecule has 1 rings (SSSR count). The lowest BCUT2D eigenvalue weighted by Gasteiger charge is -2.08. The van der Waals surface area contributed by atoms with Crippen LogP contribution < -0.4 is 17.0 Å². The van der Waals surface area contributed by atoms with Crippen molar-refractivity contribution in [2.75, 3.05) is 6.54 Å². The maximum absolute atomic E-state index is 11.4. The molecule has 1 aromatic rings. The summed E-state index contributed by atoms with van der Waals surface area (Å²) in [5.41, 5.74) is 10.7. The predicted molar refractivity (Wildman–Crippen MR) is 54.7 cm³/mol. The van der Waals surface area contributed by atoms with E-state index < -0.39 is 17.3 Å². The zero-order chi connectivity index (χ0) is 11.6.